The molecule has 1 saturated heterocycles. The molecule has 3 heterocycles. The lowest BCUT2D eigenvalue weighted by Crippen LogP contribution is -2.49. The van der Waals surface area contributed by atoms with Crippen molar-refractivity contribution in [3.63, 3.8) is 0 Å². The zero-order valence-corrected chi connectivity index (χ0v) is 18.6. The van der Waals surface area contributed by atoms with Crippen molar-refractivity contribution in [2.75, 3.05) is 39.8 Å². The van der Waals surface area contributed by atoms with Gasteiger partial charge < -0.3 is 14.1 Å². The third kappa shape index (κ3) is 4.81. The highest BCUT2D eigenvalue weighted by Crippen LogP contribution is 2.30. The van der Waals surface area contributed by atoms with Gasteiger partial charge in [-0.3, -0.25) is 14.5 Å². The summed E-state index contributed by atoms with van der Waals surface area (Å²) in [5, 5.41) is 1.79. The number of ether oxygens (including phenoxy) is 1. The predicted octanol–water partition coefficient (Wildman–Crippen LogP) is 3.83. The molecule has 0 N–H and O–H groups in total. The van der Waals surface area contributed by atoms with Gasteiger partial charge in [-0.15, -0.1) is 11.3 Å². The van der Waals surface area contributed by atoms with Gasteiger partial charge >= 0.3 is 5.97 Å². The minimum Gasteiger partial charge on any atom is -0.465 e. The van der Waals surface area contributed by atoms with Crippen molar-refractivity contribution < 1.29 is 23.5 Å². The van der Waals surface area contributed by atoms with E-state index in [0.717, 1.165) is 13.1 Å². The number of piperazine rings is 1. The molecule has 1 fully saturated rings. The highest BCUT2D eigenvalue weighted by Gasteiger charge is 2.23. The summed E-state index contributed by atoms with van der Waals surface area (Å²) in [5.41, 5.74) is 1.32. The molecule has 3 aromatic rings. The van der Waals surface area contributed by atoms with Gasteiger partial charge in [-0.05, 0) is 35.7 Å². The Morgan fingerprint density at radius 1 is 1.00 bits per heavy atom. The molecular formula is C24H24N2O5S. The molecule has 1 aliphatic heterocycles. The number of carbonyl (C=O) groups excluding carboxylic acids is 3. The number of rotatable bonds is 7. The second-order valence-corrected chi connectivity index (χ2v) is 8.41. The van der Waals surface area contributed by atoms with Crippen LogP contribution in [0.25, 0.3) is 11.3 Å². The predicted molar refractivity (Wildman–Crippen MR) is 121 cm³/mol. The van der Waals surface area contributed by atoms with E-state index in [2.05, 4.69) is 4.90 Å². The number of thiophene rings is 1. The molecule has 7 nitrogen and oxygen atoms in total. The summed E-state index contributed by atoms with van der Waals surface area (Å²) in [6.07, 6.45) is 0.326. The largest absolute Gasteiger partial charge is 0.465 e. The zero-order chi connectivity index (χ0) is 22.5. The Hall–Kier alpha value is -3.23. The van der Waals surface area contributed by atoms with Crippen LogP contribution < -0.4 is 0 Å². The van der Waals surface area contributed by atoms with E-state index >= 15 is 0 Å². The van der Waals surface area contributed by atoms with Crippen molar-refractivity contribution in [2.45, 2.75) is 6.42 Å². The Labute approximate surface area is 190 Å². The highest BCUT2D eigenvalue weighted by atomic mass is 32.1. The first-order valence-electron chi connectivity index (χ1n) is 10.4. The van der Waals surface area contributed by atoms with Crippen LogP contribution in [0, 0.1) is 0 Å². The lowest BCUT2D eigenvalue weighted by molar-refractivity contribution is 0.0605. The van der Waals surface area contributed by atoms with Gasteiger partial charge in [-0.1, -0.05) is 18.2 Å². The molecule has 2 aromatic heterocycles. The number of hydrogen-bond donors (Lipinski definition) is 0. The van der Waals surface area contributed by atoms with Gasteiger partial charge in [-0.2, -0.15) is 0 Å². The maximum Gasteiger partial charge on any atom is 0.348 e. The second kappa shape index (κ2) is 9.93. The van der Waals surface area contributed by atoms with Gasteiger partial charge in [0.25, 0.3) is 5.91 Å². The van der Waals surface area contributed by atoms with Crippen LogP contribution in [0.3, 0.4) is 0 Å². The van der Waals surface area contributed by atoms with E-state index < -0.39 is 5.97 Å². The second-order valence-electron chi connectivity index (χ2n) is 7.49. The SMILES string of the molecule is COC(=O)c1sccc1-c1ccc(C(=O)CCN2CCN(C(=O)c3ccccc3)CC2)o1. The maximum atomic E-state index is 12.6. The molecular weight excluding hydrogens is 428 g/mol. The van der Waals surface area contributed by atoms with Crippen LogP contribution in [0.2, 0.25) is 0 Å². The summed E-state index contributed by atoms with van der Waals surface area (Å²) in [7, 11) is 1.33. The van der Waals surface area contributed by atoms with Crippen molar-refractivity contribution in [3.05, 3.63) is 70.1 Å². The van der Waals surface area contributed by atoms with Gasteiger partial charge in [0.1, 0.15) is 10.6 Å². The van der Waals surface area contributed by atoms with E-state index in [4.69, 9.17) is 9.15 Å². The third-order valence-electron chi connectivity index (χ3n) is 5.52. The fourth-order valence-corrected chi connectivity index (χ4v) is 4.52. The van der Waals surface area contributed by atoms with Crippen molar-refractivity contribution in [1.29, 1.82) is 0 Å². The number of nitrogens with zero attached hydrogens (tertiary/aromatic N) is 2. The van der Waals surface area contributed by atoms with Crippen LogP contribution in [0.1, 0.15) is 37.0 Å². The van der Waals surface area contributed by atoms with Crippen LogP contribution in [-0.2, 0) is 4.74 Å². The zero-order valence-electron chi connectivity index (χ0n) is 17.8. The molecule has 0 bridgehead atoms. The Morgan fingerprint density at radius 2 is 1.75 bits per heavy atom. The summed E-state index contributed by atoms with van der Waals surface area (Å²) in [6.45, 7) is 3.34. The standard InChI is InChI=1S/C24H24N2O5S/c1-30-24(29)22-18(10-16-32-22)20-7-8-21(31-20)19(27)9-11-25-12-14-26(15-13-25)23(28)17-5-3-2-4-6-17/h2-8,10,16H,9,11-15H2,1H3. The van der Waals surface area contributed by atoms with Gasteiger partial charge in [0, 0.05) is 50.3 Å². The minimum absolute atomic E-state index is 0.0456. The molecule has 0 saturated carbocycles. The number of benzene rings is 1. The lowest BCUT2D eigenvalue weighted by Gasteiger charge is -2.34. The van der Waals surface area contributed by atoms with Gasteiger partial charge in [0.2, 0.25) is 0 Å². The van der Waals surface area contributed by atoms with Gasteiger partial charge in [0.15, 0.2) is 11.5 Å². The van der Waals surface area contributed by atoms with E-state index in [-0.39, 0.29) is 17.5 Å². The van der Waals surface area contributed by atoms with Crippen molar-refractivity contribution in [3.8, 4) is 11.3 Å². The monoisotopic (exact) mass is 452 g/mol. The number of carbonyl (C=O) groups is 3. The Kier molecular flexibility index (Phi) is 6.82. The first-order valence-corrected chi connectivity index (χ1v) is 11.3. The first kappa shape index (κ1) is 22.0. The van der Waals surface area contributed by atoms with Crippen LogP contribution in [0.15, 0.2) is 58.3 Å². The number of Topliss-reactive ketones (excluding diaryl/α,β-unsaturated/α-hetero) is 1. The van der Waals surface area contributed by atoms with E-state index in [9.17, 15) is 14.4 Å². The Bertz CT molecular complexity index is 1100. The average molecular weight is 453 g/mol. The third-order valence-corrected chi connectivity index (χ3v) is 6.41. The number of esters is 1. The summed E-state index contributed by atoms with van der Waals surface area (Å²) in [4.78, 5) is 41.6. The number of furan rings is 1. The summed E-state index contributed by atoms with van der Waals surface area (Å²) >= 11 is 1.27. The van der Waals surface area contributed by atoms with Crippen LogP contribution in [-0.4, -0.2) is 67.3 Å². The topological polar surface area (TPSA) is 80.1 Å². The molecule has 1 aromatic carbocycles. The fourth-order valence-electron chi connectivity index (χ4n) is 3.71. The summed E-state index contributed by atoms with van der Waals surface area (Å²) < 4.78 is 10.5. The summed E-state index contributed by atoms with van der Waals surface area (Å²) in [6, 6.07) is 14.4. The molecule has 32 heavy (non-hydrogen) atoms. The van der Waals surface area contributed by atoms with Crippen LogP contribution in [0.5, 0.6) is 0 Å². The number of methoxy groups -OCH3 is 1. The Balaban J connectivity index is 1.29. The number of ketones is 1. The van der Waals surface area contributed by atoms with Crippen molar-refractivity contribution >= 4 is 29.0 Å². The first-order chi connectivity index (χ1) is 15.6. The number of hydrogen-bond acceptors (Lipinski definition) is 7. The molecule has 4 rings (SSSR count). The lowest BCUT2D eigenvalue weighted by atomic mass is 10.1. The number of amides is 1. The molecule has 0 unspecified atom stereocenters. The van der Waals surface area contributed by atoms with E-state index in [0.29, 0.717) is 47.8 Å². The van der Waals surface area contributed by atoms with E-state index in [1.165, 1.54) is 18.4 Å². The molecule has 1 amide bonds. The molecule has 0 radical (unpaired) electrons. The normalized spacial score (nSPS) is 14.3. The highest BCUT2D eigenvalue weighted by molar-refractivity contribution is 7.12. The van der Waals surface area contributed by atoms with Gasteiger partial charge in [-0.25, -0.2) is 4.79 Å². The molecule has 166 valence electrons. The van der Waals surface area contributed by atoms with Crippen molar-refractivity contribution in [2.24, 2.45) is 0 Å². The quantitative estimate of drug-likeness (QED) is 0.400. The Morgan fingerprint density at radius 3 is 2.47 bits per heavy atom. The molecule has 0 aliphatic carbocycles. The summed E-state index contributed by atoms with van der Waals surface area (Å²) in [5.74, 6) is 0.283. The smallest absolute Gasteiger partial charge is 0.348 e. The molecule has 0 atom stereocenters. The molecule has 1 aliphatic rings. The van der Waals surface area contributed by atoms with E-state index in [1.54, 1.807) is 23.6 Å². The van der Waals surface area contributed by atoms with Crippen molar-refractivity contribution in [1.82, 2.24) is 9.80 Å². The molecule has 8 heteroatoms. The van der Waals surface area contributed by atoms with Gasteiger partial charge in [0.05, 0.1) is 7.11 Å². The maximum absolute atomic E-state index is 12.6. The van der Waals surface area contributed by atoms with Crippen LogP contribution >= 0.6 is 11.3 Å². The van der Waals surface area contributed by atoms with E-state index in [1.807, 2.05) is 35.2 Å². The minimum atomic E-state index is -0.427. The fraction of sp³-hybridized carbons (Fsp3) is 0.292. The van der Waals surface area contributed by atoms with Crippen LogP contribution in [0.4, 0.5) is 0 Å². The molecule has 0 spiro atoms. The average Bonchev–Trinajstić information content (AvgIpc) is 3.52.